The number of nitrogens with one attached hydrogen (secondary N) is 1. The van der Waals surface area contributed by atoms with Gasteiger partial charge in [0, 0.05) is 37.6 Å². The van der Waals surface area contributed by atoms with Gasteiger partial charge in [0.15, 0.2) is 21.5 Å². The Morgan fingerprint density at radius 1 is 0.894 bits per heavy atom. The van der Waals surface area contributed by atoms with E-state index in [0.717, 1.165) is 5.56 Å². The molecule has 11 heteroatoms. The second kappa shape index (κ2) is 15.1. The van der Waals surface area contributed by atoms with Crippen molar-refractivity contribution in [2.75, 3.05) is 33.2 Å². The molecule has 0 bridgehead atoms. The van der Waals surface area contributed by atoms with E-state index in [2.05, 4.69) is 5.32 Å². The topological polar surface area (TPSA) is 133 Å². The van der Waals surface area contributed by atoms with Gasteiger partial charge in [-0.05, 0) is 59.7 Å². The Balaban J connectivity index is 1.54. The molecule has 2 atom stereocenters. The number of ether oxygens (including phenoxy) is 4. The van der Waals surface area contributed by atoms with E-state index in [0.29, 0.717) is 41.4 Å². The quantitative estimate of drug-likeness (QED) is 0.173. The van der Waals surface area contributed by atoms with E-state index < -0.39 is 27.4 Å². The van der Waals surface area contributed by atoms with Gasteiger partial charge >= 0.3 is 0 Å². The largest absolute Gasteiger partial charge is 0.497 e. The molecule has 0 unspecified atom stereocenters. The van der Waals surface area contributed by atoms with Gasteiger partial charge in [-0.25, -0.2) is 13.4 Å². The minimum atomic E-state index is -3.78. The molecule has 5 rings (SSSR count). The summed E-state index contributed by atoms with van der Waals surface area (Å²) in [6.45, 7) is 0.493. The third-order valence-electron chi connectivity index (χ3n) is 7.85. The summed E-state index contributed by atoms with van der Waals surface area (Å²) in [5, 5.41) is 12.1. The van der Waals surface area contributed by atoms with Crippen LogP contribution in [-0.2, 0) is 25.9 Å². The molecule has 1 heterocycles. The van der Waals surface area contributed by atoms with E-state index in [9.17, 15) is 13.2 Å². The first kappa shape index (κ1) is 33.5. The summed E-state index contributed by atoms with van der Waals surface area (Å²) in [7, 11) is -0.691. The van der Waals surface area contributed by atoms with Gasteiger partial charge < -0.3 is 29.4 Å². The minimum absolute atomic E-state index is 0.0269. The van der Waals surface area contributed by atoms with Crippen LogP contribution in [0.4, 0.5) is 0 Å². The van der Waals surface area contributed by atoms with Crippen LogP contribution < -0.4 is 19.5 Å². The molecule has 1 amide bonds. The van der Waals surface area contributed by atoms with E-state index >= 15 is 0 Å². The van der Waals surface area contributed by atoms with Crippen molar-refractivity contribution in [2.45, 2.75) is 35.9 Å². The summed E-state index contributed by atoms with van der Waals surface area (Å²) < 4.78 is 50.0. The normalized spacial score (nSPS) is 17.3. The van der Waals surface area contributed by atoms with Crippen LogP contribution in [0.25, 0.3) is 0 Å². The second-order valence-electron chi connectivity index (χ2n) is 11.0. The number of methoxy groups -OCH3 is 2. The van der Waals surface area contributed by atoms with E-state index in [1.165, 1.54) is 12.1 Å². The summed E-state index contributed by atoms with van der Waals surface area (Å²) in [5.41, 5.74) is 0.347. The van der Waals surface area contributed by atoms with Gasteiger partial charge in [-0.2, -0.15) is 0 Å². The average molecular weight is 659 g/mol. The van der Waals surface area contributed by atoms with Gasteiger partial charge in [0.25, 0.3) is 5.91 Å². The fourth-order valence-electron chi connectivity index (χ4n) is 5.34. The lowest BCUT2D eigenvalue weighted by molar-refractivity contribution is -0.129. The number of carbonyl (C=O) groups is 1. The Morgan fingerprint density at radius 3 is 2.15 bits per heavy atom. The first-order chi connectivity index (χ1) is 22.8. The third kappa shape index (κ3) is 7.93. The van der Waals surface area contributed by atoms with Crippen LogP contribution in [0.15, 0.2) is 113 Å². The maximum Gasteiger partial charge on any atom is 0.252 e. The molecule has 246 valence electrons. The number of rotatable bonds is 15. The van der Waals surface area contributed by atoms with Crippen molar-refractivity contribution < 1.29 is 37.3 Å². The first-order valence-electron chi connectivity index (χ1n) is 15.2. The van der Waals surface area contributed by atoms with Gasteiger partial charge in [0.05, 0.1) is 31.5 Å². The molecular weight excluding hydrogens is 620 g/mol. The SMILES string of the molecule is COc1cc(CNC(=O)[C@]2(CCS(=O)(=O)c3ccccc3)N=C(c3ccc(OCCCO)cc3)O[C@@H]2c2ccccc2)cc(OC)c1. The third-order valence-corrected chi connectivity index (χ3v) is 9.58. The number of hydrogen-bond donors (Lipinski definition) is 2. The molecule has 1 aliphatic rings. The van der Waals surface area contributed by atoms with Gasteiger partial charge in [0.1, 0.15) is 17.2 Å². The number of hydrogen-bond acceptors (Lipinski definition) is 9. The number of aliphatic hydroxyl groups excluding tert-OH is 1. The maximum absolute atomic E-state index is 14.5. The molecule has 4 aromatic carbocycles. The van der Waals surface area contributed by atoms with Gasteiger partial charge in [-0.3, -0.25) is 4.79 Å². The number of benzene rings is 4. The molecule has 0 aliphatic carbocycles. The smallest absolute Gasteiger partial charge is 0.252 e. The molecule has 0 fully saturated rings. The van der Waals surface area contributed by atoms with Gasteiger partial charge in [0.2, 0.25) is 5.90 Å². The highest BCUT2D eigenvalue weighted by Crippen LogP contribution is 2.43. The molecule has 0 aromatic heterocycles. The Kier molecular flexibility index (Phi) is 10.8. The molecule has 0 radical (unpaired) electrons. The van der Waals surface area contributed by atoms with Crippen LogP contribution in [0.1, 0.15) is 35.6 Å². The summed E-state index contributed by atoms with van der Waals surface area (Å²) >= 11 is 0. The fourth-order valence-corrected chi connectivity index (χ4v) is 6.73. The molecule has 4 aromatic rings. The van der Waals surface area contributed by atoms with Gasteiger partial charge in [-0.15, -0.1) is 0 Å². The van der Waals surface area contributed by atoms with Crippen LogP contribution in [0.2, 0.25) is 0 Å². The Labute approximate surface area is 274 Å². The number of nitrogens with zero attached hydrogens (tertiary/aromatic N) is 1. The summed E-state index contributed by atoms with van der Waals surface area (Å²) in [6.07, 6.45) is -0.573. The summed E-state index contributed by atoms with van der Waals surface area (Å²) in [5.74, 6) is 1.09. The average Bonchev–Trinajstić information content (AvgIpc) is 3.52. The molecular formula is C36H38N2O8S. The lowest BCUT2D eigenvalue weighted by atomic mass is 9.85. The highest BCUT2D eigenvalue weighted by molar-refractivity contribution is 7.91. The van der Waals surface area contributed by atoms with E-state index in [1.54, 1.807) is 74.9 Å². The van der Waals surface area contributed by atoms with Crippen molar-refractivity contribution in [1.82, 2.24) is 5.32 Å². The molecule has 2 N–H and O–H groups in total. The fraction of sp³-hybridized carbons (Fsp3) is 0.278. The number of amides is 1. The molecule has 0 saturated carbocycles. The predicted octanol–water partition coefficient (Wildman–Crippen LogP) is 4.90. The maximum atomic E-state index is 14.5. The molecule has 0 saturated heterocycles. The van der Waals surface area contributed by atoms with E-state index in [-0.39, 0.29) is 36.1 Å². The summed E-state index contributed by atoms with van der Waals surface area (Å²) in [6, 6.07) is 29.7. The van der Waals surface area contributed by atoms with Crippen LogP contribution >= 0.6 is 0 Å². The van der Waals surface area contributed by atoms with E-state index in [1.807, 2.05) is 30.3 Å². The van der Waals surface area contributed by atoms with Gasteiger partial charge in [-0.1, -0.05) is 48.5 Å². The number of aliphatic hydroxyl groups is 1. The highest BCUT2D eigenvalue weighted by Gasteiger charge is 2.53. The lowest BCUT2D eigenvalue weighted by Crippen LogP contribution is -2.49. The van der Waals surface area contributed by atoms with Crippen LogP contribution in [0.5, 0.6) is 17.2 Å². The van der Waals surface area contributed by atoms with Crippen molar-refractivity contribution in [1.29, 1.82) is 0 Å². The Bertz CT molecular complexity index is 1760. The lowest BCUT2D eigenvalue weighted by Gasteiger charge is -2.30. The van der Waals surface area contributed by atoms with Crippen molar-refractivity contribution >= 4 is 21.6 Å². The zero-order valence-corrected chi connectivity index (χ0v) is 27.1. The number of aliphatic imine (C=N–C) groups is 1. The predicted molar refractivity (Wildman–Crippen MR) is 178 cm³/mol. The van der Waals surface area contributed by atoms with Crippen molar-refractivity contribution in [2.24, 2.45) is 4.99 Å². The number of sulfone groups is 1. The van der Waals surface area contributed by atoms with Crippen LogP contribution in [-0.4, -0.2) is 64.1 Å². The number of carbonyl (C=O) groups excluding carboxylic acids is 1. The van der Waals surface area contributed by atoms with Crippen LogP contribution in [0.3, 0.4) is 0 Å². The molecule has 47 heavy (non-hydrogen) atoms. The van der Waals surface area contributed by atoms with Crippen molar-refractivity contribution in [3.8, 4) is 17.2 Å². The molecule has 0 spiro atoms. The first-order valence-corrected chi connectivity index (χ1v) is 16.9. The minimum Gasteiger partial charge on any atom is -0.497 e. The second-order valence-corrected chi connectivity index (χ2v) is 13.1. The highest BCUT2D eigenvalue weighted by atomic mass is 32.2. The standard InChI is InChI=1S/C36H38N2O8S/c1-43-30-22-26(23-31(24-30)44-2)25-37-35(40)36(18-21-47(41,42)32-12-7-4-8-13-32)33(27-10-5-3-6-11-27)46-34(38-36)28-14-16-29(17-15-28)45-20-9-19-39/h3-8,10-17,22-24,33,39H,9,18-21,25H2,1-2H3,(H,37,40)/t33-,36-/m1/s1. The summed E-state index contributed by atoms with van der Waals surface area (Å²) in [4.78, 5) is 19.6. The van der Waals surface area contributed by atoms with Crippen molar-refractivity contribution in [3.05, 3.63) is 120 Å². The Hall–Kier alpha value is -4.87. The zero-order chi connectivity index (χ0) is 33.3. The van der Waals surface area contributed by atoms with E-state index in [4.69, 9.17) is 29.0 Å². The monoisotopic (exact) mass is 658 g/mol. The Morgan fingerprint density at radius 2 is 1.53 bits per heavy atom. The van der Waals surface area contributed by atoms with Crippen LogP contribution in [0, 0.1) is 0 Å². The molecule has 1 aliphatic heterocycles. The zero-order valence-electron chi connectivity index (χ0n) is 26.3. The molecule has 10 nitrogen and oxygen atoms in total. The van der Waals surface area contributed by atoms with Crippen molar-refractivity contribution in [3.63, 3.8) is 0 Å².